The van der Waals surface area contributed by atoms with E-state index in [2.05, 4.69) is 10.6 Å². The summed E-state index contributed by atoms with van der Waals surface area (Å²) >= 11 is 0. The summed E-state index contributed by atoms with van der Waals surface area (Å²) in [6.45, 7) is 0. The lowest BCUT2D eigenvalue weighted by Crippen LogP contribution is -2.87. The van der Waals surface area contributed by atoms with Gasteiger partial charge in [-0.2, -0.15) is 0 Å². The molecule has 10 N–H and O–H groups in total. The number of aliphatic carboxylic acids is 2. The maximum Gasteiger partial charge on any atom is 0.423 e. The predicted octanol–water partition coefficient (Wildman–Crippen LogP) is -6.81. The van der Waals surface area contributed by atoms with E-state index in [4.69, 9.17) is 30.6 Å². The minimum atomic E-state index is -2.19. The van der Waals surface area contributed by atoms with Crippen LogP contribution in [0.5, 0.6) is 0 Å². The summed E-state index contributed by atoms with van der Waals surface area (Å²) in [5.41, 5.74) is 0. The zero-order valence-corrected chi connectivity index (χ0v) is 11.4. The van der Waals surface area contributed by atoms with E-state index in [1.54, 1.807) is 12.4 Å². The lowest BCUT2D eigenvalue weighted by molar-refractivity contribution is -0.482. The molecule has 0 unspecified atom stereocenters. The van der Waals surface area contributed by atoms with Gasteiger partial charge in [-0.3, -0.25) is 21.5 Å². The van der Waals surface area contributed by atoms with Crippen molar-refractivity contribution >= 4 is 35.7 Å². The highest BCUT2D eigenvalue weighted by Crippen LogP contribution is 1.71. The zero-order chi connectivity index (χ0) is 17.1. The molecular formula is C10H14N6O7. The smallest absolute Gasteiger partial charge is 0.423 e. The normalized spacial score (nSPS) is 14.8. The third-order valence-electron chi connectivity index (χ3n) is 1.70. The van der Waals surface area contributed by atoms with Crippen molar-refractivity contribution in [3.8, 4) is 0 Å². The van der Waals surface area contributed by atoms with Crippen molar-refractivity contribution in [2.75, 3.05) is 0 Å². The summed E-state index contributed by atoms with van der Waals surface area (Å²) in [6.07, 6.45) is 6.12. The minimum absolute atomic E-state index is 0. The van der Waals surface area contributed by atoms with Gasteiger partial charge in [-0.25, -0.2) is 20.2 Å². The number of carboxylic acid groups (broad SMARTS) is 2. The van der Waals surface area contributed by atoms with Crippen LogP contribution in [0.3, 0.4) is 0 Å². The Morgan fingerprint density at radius 3 is 1.30 bits per heavy atom. The topological polar surface area (TPSA) is 251 Å². The molecule has 13 nitrogen and oxygen atoms in total. The van der Waals surface area contributed by atoms with Crippen LogP contribution >= 0.6 is 0 Å². The number of amidine groups is 2. The first-order chi connectivity index (χ1) is 10.2. The Morgan fingerprint density at radius 1 is 0.870 bits per heavy atom. The maximum atomic E-state index is 10.3. The monoisotopic (exact) mass is 330 g/mol. The second kappa shape index (κ2) is 11.3. The second-order valence-electron chi connectivity index (χ2n) is 3.43. The number of hydrogen-bond acceptors (Lipinski definition) is 8. The zero-order valence-electron chi connectivity index (χ0n) is 11.4. The molecule has 0 aromatic carbocycles. The molecular weight excluding hydrogens is 316 g/mol. The fourth-order valence-corrected chi connectivity index (χ4v) is 0.896. The van der Waals surface area contributed by atoms with E-state index in [-0.39, 0.29) is 29.2 Å². The summed E-state index contributed by atoms with van der Waals surface area (Å²) in [6, 6.07) is -0.449. The number of rotatable bonds is 0. The molecule has 0 aromatic rings. The summed E-state index contributed by atoms with van der Waals surface area (Å²) in [5, 5.41) is 38.9. The fourth-order valence-electron chi connectivity index (χ4n) is 0.896. The molecule has 0 radical (unpaired) electrons. The van der Waals surface area contributed by atoms with Gasteiger partial charge in [0.1, 0.15) is 24.1 Å². The van der Waals surface area contributed by atoms with Crippen molar-refractivity contribution in [2.24, 2.45) is 0 Å². The summed E-state index contributed by atoms with van der Waals surface area (Å²) < 4.78 is 0. The van der Waals surface area contributed by atoms with Crippen LogP contribution in [0.25, 0.3) is 0 Å². The quantitative estimate of drug-likeness (QED) is 0.235. The molecule has 2 heterocycles. The molecule has 0 aromatic heterocycles. The number of carbonyl (C=O) groups is 4. The number of carboxylic acids is 2. The van der Waals surface area contributed by atoms with Crippen LogP contribution in [-0.4, -0.2) is 41.1 Å². The largest absolute Gasteiger partial charge is 0.543 e. The highest BCUT2D eigenvalue weighted by molar-refractivity contribution is 6.25. The summed E-state index contributed by atoms with van der Waals surface area (Å²) in [4.78, 5) is 38.5. The van der Waals surface area contributed by atoms with E-state index in [1.165, 1.54) is 22.8 Å². The van der Waals surface area contributed by atoms with Crippen LogP contribution in [0.4, 0.5) is 9.59 Å². The van der Waals surface area contributed by atoms with Gasteiger partial charge in [0.2, 0.25) is 0 Å². The van der Waals surface area contributed by atoms with Gasteiger partial charge >= 0.3 is 12.1 Å². The van der Waals surface area contributed by atoms with Crippen molar-refractivity contribution in [3.63, 3.8) is 0 Å². The molecule has 0 spiro atoms. The predicted molar refractivity (Wildman–Crippen MR) is 68.3 cm³/mol. The lowest BCUT2D eigenvalue weighted by Gasteiger charge is -2.00. The Kier molecular flexibility index (Phi) is 10.7. The number of quaternary nitrogens is 2. The molecule has 0 bridgehead atoms. The van der Waals surface area contributed by atoms with E-state index >= 15 is 0 Å². The highest BCUT2D eigenvalue weighted by Gasteiger charge is 2.08. The van der Waals surface area contributed by atoms with Gasteiger partial charge in [-0.1, -0.05) is 0 Å². The maximum absolute atomic E-state index is 10.3. The van der Waals surface area contributed by atoms with Gasteiger partial charge in [0.05, 0.1) is 11.9 Å². The Bertz CT molecular complexity index is 518. The lowest BCUT2D eigenvalue weighted by atomic mass is 10.5. The molecule has 2 aliphatic rings. The first-order valence-electron chi connectivity index (χ1n) is 5.46. The molecule has 0 fully saturated rings. The van der Waals surface area contributed by atoms with Crippen molar-refractivity contribution < 1.29 is 45.5 Å². The molecule has 2 rings (SSSR count). The van der Waals surface area contributed by atoms with Gasteiger partial charge in [-0.05, 0) is 0 Å². The standard InChI is InChI=1S/2C4H5N3O.C2H2O4.H2O/c2*5-3-1-2-6-4(8)7-3;3-1(4)2(5)6;/h2*1-2H,(H3,5,6,7,8);(H,3,4)(H,5,6);1H2. The van der Waals surface area contributed by atoms with Crippen molar-refractivity contribution in [1.29, 1.82) is 10.8 Å². The molecule has 13 heteroatoms. The van der Waals surface area contributed by atoms with Gasteiger partial charge in [0.15, 0.2) is 0 Å². The number of carbonyl (C=O) groups excluding carboxylic acids is 4. The van der Waals surface area contributed by atoms with Gasteiger partial charge in [0.25, 0.3) is 0 Å². The number of amides is 4. The Labute approximate surface area is 128 Å². The van der Waals surface area contributed by atoms with E-state index in [9.17, 15) is 9.59 Å². The number of primary amides is 2. The van der Waals surface area contributed by atoms with Gasteiger partial charge in [0, 0.05) is 12.2 Å². The molecule has 23 heavy (non-hydrogen) atoms. The molecule has 0 atom stereocenters. The van der Waals surface area contributed by atoms with E-state index in [1.807, 2.05) is 0 Å². The third-order valence-corrected chi connectivity index (χ3v) is 1.70. The van der Waals surface area contributed by atoms with E-state index < -0.39 is 11.9 Å². The molecule has 0 aliphatic carbocycles. The van der Waals surface area contributed by atoms with Crippen LogP contribution in [0, 0.1) is 10.8 Å². The van der Waals surface area contributed by atoms with Gasteiger partial charge < -0.3 is 25.3 Å². The Morgan fingerprint density at radius 2 is 1.17 bits per heavy atom. The van der Waals surface area contributed by atoms with E-state index in [0.29, 0.717) is 0 Å². The van der Waals surface area contributed by atoms with Crippen LogP contribution in [-0.2, 0) is 9.59 Å². The molecule has 4 amide bonds. The van der Waals surface area contributed by atoms with Crippen LogP contribution in [0.2, 0.25) is 0 Å². The van der Waals surface area contributed by atoms with Crippen molar-refractivity contribution in [1.82, 2.24) is 10.6 Å². The average molecular weight is 330 g/mol. The Hall–Kier alpha value is -3.42. The third kappa shape index (κ3) is 12.1. The van der Waals surface area contributed by atoms with Crippen molar-refractivity contribution in [2.45, 2.75) is 0 Å². The minimum Gasteiger partial charge on any atom is -0.543 e. The van der Waals surface area contributed by atoms with Crippen LogP contribution < -0.4 is 31.5 Å². The van der Waals surface area contributed by atoms with Crippen LogP contribution in [0.15, 0.2) is 24.6 Å². The number of hydrogen-bond donors (Lipinski definition) is 6. The first kappa shape index (κ1) is 21.9. The number of nitrogens with two attached hydrogens (primary N) is 2. The number of urea groups is 2. The van der Waals surface area contributed by atoms with Gasteiger partial charge in [-0.15, -0.1) is 0 Å². The average Bonchev–Trinajstić information content (AvgIpc) is 2.39. The second-order valence-corrected chi connectivity index (χ2v) is 3.43. The van der Waals surface area contributed by atoms with Crippen LogP contribution in [0.1, 0.15) is 0 Å². The summed E-state index contributed by atoms with van der Waals surface area (Å²) in [5.74, 6) is -4.07. The molecule has 0 saturated carbocycles. The number of nitrogens with one attached hydrogen (secondary N) is 4. The highest BCUT2D eigenvalue weighted by atomic mass is 16.4. The molecule has 126 valence electrons. The summed E-state index contributed by atoms with van der Waals surface area (Å²) in [7, 11) is 0. The molecule has 2 aliphatic heterocycles. The van der Waals surface area contributed by atoms with Crippen molar-refractivity contribution in [3.05, 3.63) is 24.6 Å². The SMILES string of the molecule is N=C1C=C[NH2+]C(=O)N1.N=C1C=C[NH2+]C(=O)N1.O.O=C([O-])C(=O)[O-]. The molecule has 0 saturated heterocycles. The first-order valence-corrected chi connectivity index (χ1v) is 5.46. The Balaban J connectivity index is 0. The fraction of sp³-hybridized carbons (Fsp3) is 0. The van der Waals surface area contributed by atoms with E-state index in [0.717, 1.165) is 0 Å².